The van der Waals surface area contributed by atoms with Gasteiger partial charge < -0.3 is 4.90 Å². The molecule has 1 aliphatic heterocycles. The molecule has 3 aromatic rings. The number of hydrogen-bond donors (Lipinski definition) is 1. The lowest BCUT2D eigenvalue weighted by Gasteiger charge is -2.36. The van der Waals surface area contributed by atoms with Crippen molar-refractivity contribution in [2.24, 2.45) is 5.10 Å². The summed E-state index contributed by atoms with van der Waals surface area (Å²) in [6.07, 6.45) is 1.50. The molecule has 0 spiro atoms. The number of anilines is 1. The van der Waals surface area contributed by atoms with Crippen molar-refractivity contribution in [3.63, 3.8) is 0 Å². The third-order valence-electron chi connectivity index (χ3n) is 5.45. The van der Waals surface area contributed by atoms with Crippen LogP contribution in [0.4, 0.5) is 5.69 Å². The number of nitrogens with one attached hydrogen (secondary N) is 1. The van der Waals surface area contributed by atoms with Crippen molar-refractivity contribution in [2.75, 3.05) is 31.1 Å². The molecule has 0 saturated carbocycles. The Kier molecular flexibility index (Phi) is 7.43. The summed E-state index contributed by atoms with van der Waals surface area (Å²) in [5.74, 6) is -0.269. The monoisotopic (exact) mass is 466 g/mol. The third kappa shape index (κ3) is 5.88. The summed E-state index contributed by atoms with van der Waals surface area (Å²) in [5, 5.41) is 5.02. The van der Waals surface area contributed by atoms with Crippen molar-refractivity contribution < 1.29 is 4.79 Å². The summed E-state index contributed by atoms with van der Waals surface area (Å²) < 4.78 is 0. The Bertz CT molecular complexity index is 1080. The van der Waals surface area contributed by atoms with Gasteiger partial charge in [0.1, 0.15) is 0 Å². The maximum Gasteiger partial charge on any atom is 0.271 e. The molecule has 1 fully saturated rings. The molecule has 0 bridgehead atoms. The van der Waals surface area contributed by atoms with Crippen LogP contribution in [0.1, 0.15) is 21.5 Å². The second-order valence-corrected chi connectivity index (χ2v) is 8.50. The Morgan fingerprint density at radius 3 is 2.34 bits per heavy atom. The van der Waals surface area contributed by atoms with Crippen LogP contribution in [0.3, 0.4) is 0 Å². The molecule has 0 unspecified atom stereocenters. The minimum Gasteiger partial charge on any atom is -0.369 e. The van der Waals surface area contributed by atoms with E-state index in [0.717, 1.165) is 32.7 Å². The standard InChI is InChI=1S/C25H24Cl2N4O/c26-22-11-10-21(24(27)16-22)17-28-29-25(32)20-8-6-19(7-9-20)18-30-12-14-31(15-13-30)23-4-2-1-3-5-23/h1-11,16-17H,12-15,18H2,(H,29,32)/b28-17-. The normalized spacial score (nSPS) is 14.6. The molecular formula is C25H24Cl2N4O. The summed E-state index contributed by atoms with van der Waals surface area (Å²) in [6, 6.07) is 23.3. The molecule has 0 aromatic heterocycles. The Morgan fingerprint density at radius 1 is 0.938 bits per heavy atom. The fraction of sp³-hybridized carbons (Fsp3) is 0.200. The van der Waals surface area contributed by atoms with E-state index >= 15 is 0 Å². The van der Waals surface area contributed by atoms with Gasteiger partial charge in [0.25, 0.3) is 5.91 Å². The molecule has 3 aromatic carbocycles. The second-order valence-electron chi connectivity index (χ2n) is 7.66. The van der Waals surface area contributed by atoms with Crippen molar-refractivity contribution in [1.29, 1.82) is 0 Å². The van der Waals surface area contributed by atoms with E-state index in [1.165, 1.54) is 17.5 Å². The number of halogens is 2. The summed E-state index contributed by atoms with van der Waals surface area (Å²) >= 11 is 12.0. The highest BCUT2D eigenvalue weighted by atomic mass is 35.5. The first-order valence-corrected chi connectivity index (χ1v) is 11.2. The Labute approximate surface area is 198 Å². The van der Waals surface area contributed by atoms with E-state index in [4.69, 9.17) is 23.2 Å². The molecule has 0 aliphatic carbocycles. The SMILES string of the molecule is O=C(N/N=C\c1ccc(Cl)cc1Cl)c1ccc(CN2CCN(c3ccccc3)CC2)cc1. The molecule has 32 heavy (non-hydrogen) atoms. The van der Waals surface area contributed by atoms with Gasteiger partial charge in [0, 0.05) is 54.6 Å². The first kappa shape index (κ1) is 22.3. The number of piperazine rings is 1. The van der Waals surface area contributed by atoms with Gasteiger partial charge in [0.2, 0.25) is 0 Å². The molecule has 5 nitrogen and oxygen atoms in total. The van der Waals surface area contributed by atoms with Gasteiger partial charge >= 0.3 is 0 Å². The predicted molar refractivity (Wildman–Crippen MR) is 132 cm³/mol. The van der Waals surface area contributed by atoms with Crippen molar-refractivity contribution >= 4 is 41.0 Å². The zero-order chi connectivity index (χ0) is 22.3. The van der Waals surface area contributed by atoms with Gasteiger partial charge in [0.05, 0.1) is 11.2 Å². The van der Waals surface area contributed by atoms with Gasteiger partial charge in [0.15, 0.2) is 0 Å². The van der Waals surface area contributed by atoms with Gasteiger partial charge in [-0.2, -0.15) is 5.10 Å². The first-order chi connectivity index (χ1) is 15.6. The smallest absolute Gasteiger partial charge is 0.271 e. The van der Waals surface area contributed by atoms with Crippen LogP contribution in [0, 0.1) is 0 Å². The second kappa shape index (κ2) is 10.6. The average molecular weight is 467 g/mol. The minimum absolute atomic E-state index is 0.269. The lowest BCUT2D eigenvalue weighted by atomic mass is 10.1. The van der Waals surface area contributed by atoms with Crippen LogP contribution in [-0.4, -0.2) is 43.2 Å². The number of hydrazone groups is 1. The Balaban J connectivity index is 1.26. The zero-order valence-electron chi connectivity index (χ0n) is 17.5. The number of para-hydroxylation sites is 1. The van der Waals surface area contributed by atoms with Crippen LogP contribution in [-0.2, 0) is 6.54 Å². The Hall–Kier alpha value is -2.86. The van der Waals surface area contributed by atoms with E-state index in [0.29, 0.717) is 21.2 Å². The van der Waals surface area contributed by atoms with E-state index < -0.39 is 0 Å². The average Bonchev–Trinajstić information content (AvgIpc) is 2.82. The van der Waals surface area contributed by atoms with Crippen LogP contribution in [0.15, 0.2) is 77.9 Å². The molecule has 1 heterocycles. The highest BCUT2D eigenvalue weighted by molar-refractivity contribution is 6.36. The maximum absolute atomic E-state index is 12.4. The maximum atomic E-state index is 12.4. The van der Waals surface area contributed by atoms with Gasteiger partial charge in [-0.25, -0.2) is 5.43 Å². The molecule has 4 rings (SSSR count). The molecule has 0 atom stereocenters. The van der Waals surface area contributed by atoms with Gasteiger partial charge in [-0.1, -0.05) is 59.6 Å². The van der Waals surface area contributed by atoms with Crippen LogP contribution in [0.25, 0.3) is 0 Å². The molecule has 1 aliphatic rings. The zero-order valence-corrected chi connectivity index (χ0v) is 19.1. The first-order valence-electron chi connectivity index (χ1n) is 10.5. The van der Waals surface area contributed by atoms with E-state index in [1.807, 2.05) is 30.3 Å². The van der Waals surface area contributed by atoms with Crippen LogP contribution in [0.5, 0.6) is 0 Å². The molecule has 1 N–H and O–H groups in total. The fourth-order valence-electron chi connectivity index (χ4n) is 3.65. The van der Waals surface area contributed by atoms with Crippen molar-refractivity contribution in [3.05, 3.63) is 99.5 Å². The van der Waals surface area contributed by atoms with E-state index in [1.54, 1.807) is 18.2 Å². The number of rotatable bonds is 6. The van der Waals surface area contributed by atoms with Gasteiger partial charge in [-0.3, -0.25) is 9.69 Å². The number of benzene rings is 3. The molecule has 1 amide bonds. The largest absolute Gasteiger partial charge is 0.369 e. The predicted octanol–water partition coefficient (Wildman–Crippen LogP) is 5.08. The number of carbonyl (C=O) groups is 1. The summed E-state index contributed by atoms with van der Waals surface area (Å²) in [6.45, 7) is 4.93. The van der Waals surface area contributed by atoms with Gasteiger partial charge in [-0.15, -0.1) is 0 Å². The summed E-state index contributed by atoms with van der Waals surface area (Å²) in [5.41, 5.74) is 6.24. The molecule has 164 valence electrons. The van der Waals surface area contributed by atoms with E-state index in [2.05, 4.69) is 44.6 Å². The highest BCUT2D eigenvalue weighted by Crippen LogP contribution is 2.19. The van der Waals surface area contributed by atoms with Crippen molar-refractivity contribution in [2.45, 2.75) is 6.54 Å². The van der Waals surface area contributed by atoms with Crippen LogP contribution in [0.2, 0.25) is 10.0 Å². The quantitative estimate of drug-likeness (QED) is 0.406. The molecule has 1 saturated heterocycles. The summed E-state index contributed by atoms with van der Waals surface area (Å²) in [4.78, 5) is 17.2. The number of amides is 1. The molecule has 7 heteroatoms. The molecule has 0 radical (unpaired) electrons. The van der Waals surface area contributed by atoms with Crippen molar-refractivity contribution in [3.8, 4) is 0 Å². The highest BCUT2D eigenvalue weighted by Gasteiger charge is 2.17. The topological polar surface area (TPSA) is 47.9 Å². The lowest BCUT2D eigenvalue weighted by molar-refractivity contribution is 0.0955. The van der Waals surface area contributed by atoms with E-state index in [9.17, 15) is 4.79 Å². The lowest BCUT2D eigenvalue weighted by Crippen LogP contribution is -2.45. The van der Waals surface area contributed by atoms with Crippen LogP contribution >= 0.6 is 23.2 Å². The van der Waals surface area contributed by atoms with Gasteiger partial charge in [-0.05, 0) is 42.0 Å². The number of nitrogens with zero attached hydrogens (tertiary/aromatic N) is 3. The van der Waals surface area contributed by atoms with Crippen LogP contribution < -0.4 is 10.3 Å². The minimum atomic E-state index is -0.269. The molecular weight excluding hydrogens is 443 g/mol. The van der Waals surface area contributed by atoms with Crippen molar-refractivity contribution in [1.82, 2.24) is 10.3 Å². The third-order valence-corrected chi connectivity index (χ3v) is 6.01. The summed E-state index contributed by atoms with van der Waals surface area (Å²) in [7, 11) is 0. The number of carbonyl (C=O) groups excluding carboxylic acids is 1. The van der Waals surface area contributed by atoms with E-state index in [-0.39, 0.29) is 5.91 Å². The Morgan fingerprint density at radius 2 is 1.66 bits per heavy atom. The fourth-order valence-corrected chi connectivity index (χ4v) is 4.11. The number of hydrogen-bond acceptors (Lipinski definition) is 4.